The lowest BCUT2D eigenvalue weighted by Crippen LogP contribution is -2.53. The van der Waals surface area contributed by atoms with Crippen molar-refractivity contribution in [3.05, 3.63) is 124 Å². The highest BCUT2D eigenvalue weighted by Gasteiger charge is 2.36. The lowest BCUT2D eigenvalue weighted by Gasteiger charge is -2.34. The summed E-state index contributed by atoms with van der Waals surface area (Å²) in [6, 6.07) is 27.8. The van der Waals surface area contributed by atoms with Crippen molar-refractivity contribution in [1.29, 1.82) is 0 Å². The molecule has 0 spiro atoms. The SMILES string of the molecule is CCOc1ccccc1N(CC(=O)N(Cc1c(Cl)cccc1Cl)[C@H](Cc1ccccc1)C(=O)NCC(C)C)S(=O)(=O)c1ccccc1. The molecule has 0 aromatic heterocycles. The van der Waals surface area contributed by atoms with Gasteiger partial charge in [-0.1, -0.05) is 104 Å². The molecule has 0 aliphatic rings. The van der Waals surface area contributed by atoms with Gasteiger partial charge in [0.25, 0.3) is 10.0 Å². The van der Waals surface area contributed by atoms with Gasteiger partial charge in [-0.05, 0) is 54.8 Å². The van der Waals surface area contributed by atoms with E-state index in [1.165, 1.54) is 17.0 Å². The van der Waals surface area contributed by atoms with E-state index in [9.17, 15) is 18.0 Å². The highest BCUT2D eigenvalue weighted by atomic mass is 35.5. The highest BCUT2D eigenvalue weighted by molar-refractivity contribution is 7.92. The minimum atomic E-state index is -4.29. The number of sulfonamides is 1. The molecule has 11 heteroatoms. The molecule has 0 aliphatic heterocycles. The molecular formula is C36H39Cl2N3O5S. The van der Waals surface area contributed by atoms with Crippen LogP contribution < -0.4 is 14.4 Å². The zero-order valence-electron chi connectivity index (χ0n) is 26.6. The van der Waals surface area contributed by atoms with Gasteiger partial charge < -0.3 is 15.0 Å². The molecule has 0 saturated carbocycles. The largest absolute Gasteiger partial charge is 0.492 e. The number of ether oxygens (including phenoxy) is 1. The van der Waals surface area contributed by atoms with Crippen molar-refractivity contribution < 1.29 is 22.7 Å². The smallest absolute Gasteiger partial charge is 0.264 e. The van der Waals surface area contributed by atoms with Crippen LogP contribution in [0, 0.1) is 5.92 Å². The second kappa shape index (κ2) is 16.7. The summed E-state index contributed by atoms with van der Waals surface area (Å²) in [5, 5.41) is 3.59. The summed E-state index contributed by atoms with van der Waals surface area (Å²) in [5.74, 6) is -0.572. The van der Waals surface area contributed by atoms with Crippen LogP contribution in [0.4, 0.5) is 5.69 Å². The number of nitrogens with zero attached hydrogens (tertiary/aromatic N) is 2. The van der Waals surface area contributed by atoms with E-state index in [0.29, 0.717) is 27.9 Å². The molecule has 0 fully saturated rings. The fraction of sp³-hybridized carbons (Fsp3) is 0.278. The third-order valence-electron chi connectivity index (χ3n) is 7.39. The minimum absolute atomic E-state index is 0.00434. The molecule has 0 unspecified atom stereocenters. The van der Waals surface area contributed by atoms with Crippen molar-refractivity contribution in [2.75, 3.05) is 24.0 Å². The Balaban J connectivity index is 1.86. The van der Waals surface area contributed by atoms with E-state index in [1.54, 1.807) is 67.6 Å². The third-order valence-corrected chi connectivity index (χ3v) is 9.87. The molecule has 1 N–H and O–H groups in total. The van der Waals surface area contributed by atoms with Gasteiger partial charge in [0.05, 0.1) is 17.2 Å². The van der Waals surface area contributed by atoms with Crippen LogP contribution in [0.15, 0.2) is 108 Å². The first-order valence-electron chi connectivity index (χ1n) is 15.4. The Hall–Kier alpha value is -4.05. The molecule has 4 aromatic carbocycles. The molecule has 0 aliphatic carbocycles. The summed E-state index contributed by atoms with van der Waals surface area (Å²) in [6.07, 6.45) is 0.166. The topological polar surface area (TPSA) is 96.0 Å². The van der Waals surface area contributed by atoms with Crippen LogP contribution in [-0.4, -0.2) is 50.9 Å². The highest BCUT2D eigenvalue weighted by Crippen LogP contribution is 2.33. The van der Waals surface area contributed by atoms with Crippen LogP contribution in [0.2, 0.25) is 10.0 Å². The number of amides is 2. The maximum Gasteiger partial charge on any atom is 0.264 e. The molecule has 2 amide bonds. The van der Waals surface area contributed by atoms with Crippen LogP contribution in [-0.2, 0) is 32.6 Å². The van der Waals surface area contributed by atoms with Crippen LogP contribution in [0.3, 0.4) is 0 Å². The maximum atomic E-state index is 14.7. The first kappa shape index (κ1) is 35.8. The number of nitrogens with one attached hydrogen (secondary N) is 1. The quantitative estimate of drug-likeness (QED) is 0.145. The molecular weight excluding hydrogens is 657 g/mol. The Kier molecular flexibility index (Phi) is 12.7. The van der Waals surface area contributed by atoms with Gasteiger partial charge in [-0.2, -0.15) is 0 Å². The Morgan fingerprint density at radius 2 is 1.43 bits per heavy atom. The Labute approximate surface area is 287 Å². The zero-order chi connectivity index (χ0) is 34.0. The number of benzene rings is 4. The average molecular weight is 697 g/mol. The number of hydrogen-bond acceptors (Lipinski definition) is 5. The van der Waals surface area contributed by atoms with Crippen LogP contribution in [0.5, 0.6) is 5.75 Å². The van der Waals surface area contributed by atoms with Crippen LogP contribution in [0.1, 0.15) is 31.9 Å². The lowest BCUT2D eigenvalue weighted by atomic mass is 10.0. The molecule has 0 bridgehead atoms. The second-order valence-electron chi connectivity index (χ2n) is 11.3. The summed E-state index contributed by atoms with van der Waals surface area (Å²) >= 11 is 13.2. The second-order valence-corrected chi connectivity index (χ2v) is 14.0. The summed E-state index contributed by atoms with van der Waals surface area (Å²) in [5.41, 5.74) is 1.44. The van der Waals surface area contributed by atoms with E-state index in [0.717, 1.165) is 9.87 Å². The number of carbonyl (C=O) groups excluding carboxylic acids is 2. The number of anilines is 1. The number of halogens is 2. The first-order chi connectivity index (χ1) is 22.5. The monoisotopic (exact) mass is 695 g/mol. The van der Waals surface area contributed by atoms with Crippen LogP contribution >= 0.6 is 23.2 Å². The van der Waals surface area contributed by atoms with E-state index in [-0.39, 0.29) is 42.0 Å². The molecule has 4 rings (SSSR count). The predicted molar refractivity (Wildman–Crippen MR) is 187 cm³/mol. The number of rotatable bonds is 15. The van der Waals surface area contributed by atoms with Crippen molar-refractivity contribution in [2.24, 2.45) is 5.92 Å². The average Bonchev–Trinajstić information content (AvgIpc) is 3.06. The fourth-order valence-electron chi connectivity index (χ4n) is 5.00. The van der Waals surface area contributed by atoms with E-state index in [1.807, 2.05) is 44.2 Å². The van der Waals surface area contributed by atoms with Crippen molar-refractivity contribution in [3.63, 3.8) is 0 Å². The van der Waals surface area contributed by atoms with Gasteiger partial charge >= 0.3 is 0 Å². The third kappa shape index (κ3) is 9.28. The summed E-state index contributed by atoms with van der Waals surface area (Å²) in [7, 11) is -4.29. The van der Waals surface area contributed by atoms with Gasteiger partial charge in [0.1, 0.15) is 18.3 Å². The summed E-state index contributed by atoms with van der Waals surface area (Å²) < 4.78 is 35.4. The number of para-hydroxylation sites is 2. The molecule has 8 nitrogen and oxygen atoms in total. The molecule has 0 radical (unpaired) electrons. The number of hydrogen-bond donors (Lipinski definition) is 1. The Bertz CT molecular complexity index is 1730. The fourth-order valence-corrected chi connectivity index (χ4v) is 6.97. The number of carbonyl (C=O) groups is 2. The first-order valence-corrected chi connectivity index (χ1v) is 17.6. The minimum Gasteiger partial charge on any atom is -0.492 e. The van der Waals surface area contributed by atoms with E-state index in [4.69, 9.17) is 27.9 Å². The normalized spacial score (nSPS) is 12.0. The van der Waals surface area contributed by atoms with Crippen molar-refractivity contribution >= 4 is 50.7 Å². The van der Waals surface area contributed by atoms with Gasteiger partial charge in [0.15, 0.2) is 0 Å². The van der Waals surface area contributed by atoms with Crippen molar-refractivity contribution in [1.82, 2.24) is 10.2 Å². The Morgan fingerprint density at radius 1 is 0.830 bits per heavy atom. The van der Waals surface area contributed by atoms with Gasteiger partial charge in [-0.25, -0.2) is 8.42 Å². The van der Waals surface area contributed by atoms with Gasteiger partial charge in [-0.15, -0.1) is 0 Å². The lowest BCUT2D eigenvalue weighted by molar-refractivity contribution is -0.140. The molecule has 248 valence electrons. The molecule has 0 heterocycles. The van der Waals surface area contributed by atoms with Gasteiger partial charge in [0.2, 0.25) is 11.8 Å². The van der Waals surface area contributed by atoms with Crippen molar-refractivity contribution in [3.8, 4) is 5.75 Å². The standard InChI is InChI=1S/C36H39Cl2N3O5S/c1-4-46-34-21-12-11-20-32(34)41(47(44,45)28-16-9-6-10-17-28)25-35(42)40(24-29-30(37)18-13-19-31(29)38)33(36(43)39-23-26(2)3)22-27-14-7-5-8-15-27/h5-21,26,33H,4,22-25H2,1-3H3,(H,39,43)/t33-/m1/s1. The molecule has 47 heavy (non-hydrogen) atoms. The van der Waals surface area contributed by atoms with E-state index in [2.05, 4.69) is 5.32 Å². The molecule has 0 saturated heterocycles. The zero-order valence-corrected chi connectivity index (χ0v) is 28.9. The van der Waals surface area contributed by atoms with E-state index < -0.39 is 28.5 Å². The summed E-state index contributed by atoms with van der Waals surface area (Å²) in [6.45, 7) is 5.62. The van der Waals surface area contributed by atoms with Gasteiger partial charge in [-0.3, -0.25) is 13.9 Å². The van der Waals surface area contributed by atoms with Gasteiger partial charge in [0, 0.05) is 35.1 Å². The van der Waals surface area contributed by atoms with Crippen LogP contribution in [0.25, 0.3) is 0 Å². The molecule has 1 atom stereocenters. The maximum absolute atomic E-state index is 14.7. The summed E-state index contributed by atoms with van der Waals surface area (Å²) in [4.78, 5) is 30.0. The van der Waals surface area contributed by atoms with E-state index >= 15 is 0 Å². The Morgan fingerprint density at radius 3 is 2.04 bits per heavy atom. The predicted octanol–water partition coefficient (Wildman–Crippen LogP) is 7.00. The van der Waals surface area contributed by atoms with Crippen molar-refractivity contribution in [2.45, 2.75) is 44.7 Å². The molecule has 4 aromatic rings.